The van der Waals surface area contributed by atoms with Crippen molar-refractivity contribution >= 4 is 5.78 Å². The van der Waals surface area contributed by atoms with Gasteiger partial charge in [0.1, 0.15) is 5.78 Å². The van der Waals surface area contributed by atoms with E-state index in [-0.39, 0.29) is 5.41 Å². The number of Topliss-reactive ketones (excluding diaryl/α,β-unsaturated/α-hetero) is 1. The fraction of sp³-hybridized carbons (Fsp3) is 0.769. The first-order chi connectivity index (χ1) is 6.52. The molecule has 0 saturated carbocycles. The summed E-state index contributed by atoms with van der Waals surface area (Å²) in [6, 6.07) is 0. The van der Waals surface area contributed by atoms with Gasteiger partial charge in [-0.05, 0) is 46.5 Å². The number of ketones is 1. The van der Waals surface area contributed by atoms with E-state index >= 15 is 0 Å². The normalized spacial score (nSPS) is 28.0. The van der Waals surface area contributed by atoms with Gasteiger partial charge in [0.15, 0.2) is 0 Å². The molecule has 0 unspecified atom stereocenters. The molecule has 0 heterocycles. The third-order valence-electron chi connectivity index (χ3n) is 3.79. The van der Waals surface area contributed by atoms with Crippen LogP contribution in [0.25, 0.3) is 0 Å². The average molecular weight is 194 g/mol. The van der Waals surface area contributed by atoms with Gasteiger partial charge in [0.25, 0.3) is 0 Å². The second-order valence-electron chi connectivity index (χ2n) is 4.82. The molecule has 1 rings (SSSR count). The zero-order valence-electron chi connectivity index (χ0n) is 9.94. The molecular formula is C13H22O. The molecule has 0 aromatic carbocycles. The third-order valence-corrected chi connectivity index (χ3v) is 3.79. The van der Waals surface area contributed by atoms with Crippen LogP contribution in [0.4, 0.5) is 0 Å². The molecule has 0 amide bonds. The van der Waals surface area contributed by atoms with Crippen LogP contribution in [-0.2, 0) is 4.79 Å². The summed E-state index contributed by atoms with van der Waals surface area (Å²) in [5, 5.41) is 0. The van der Waals surface area contributed by atoms with Crippen LogP contribution in [0.1, 0.15) is 59.8 Å². The van der Waals surface area contributed by atoms with Crippen LogP contribution in [0.3, 0.4) is 0 Å². The maximum atomic E-state index is 11.7. The van der Waals surface area contributed by atoms with Crippen molar-refractivity contribution in [2.75, 3.05) is 0 Å². The summed E-state index contributed by atoms with van der Waals surface area (Å²) < 4.78 is 0. The lowest BCUT2D eigenvalue weighted by Crippen LogP contribution is -2.32. The first-order valence-electron chi connectivity index (χ1n) is 5.68. The molecule has 0 spiro atoms. The van der Waals surface area contributed by atoms with E-state index in [0.29, 0.717) is 5.78 Å². The van der Waals surface area contributed by atoms with Gasteiger partial charge in [0.2, 0.25) is 0 Å². The molecule has 0 saturated heterocycles. The van der Waals surface area contributed by atoms with Crippen LogP contribution < -0.4 is 0 Å². The van der Waals surface area contributed by atoms with Crippen LogP contribution in [0.5, 0.6) is 0 Å². The number of carbonyl (C=O) groups is 1. The number of hydrogen-bond donors (Lipinski definition) is 0. The van der Waals surface area contributed by atoms with Crippen molar-refractivity contribution in [3.8, 4) is 0 Å². The lowest BCUT2D eigenvalue weighted by atomic mass is 9.67. The Kier molecular flexibility index (Phi) is 3.52. The molecule has 0 aromatic heterocycles. The third kappa shape index (κ3) is 2.08. The Morgan fingerprint density at radius 1 is 1.36 bits per heavy atom. The fourth-order valence-corrected chi connectivity index (χ4v) is 2.56. The second kappa shape index (κ2) is 4.29. The van der Waals surface area contributed by atoms with Crippen molar-refractivity contribution in [2.45, 2.75) is 59.8 Å². The topological polar surface area (TPSA) is 17.1 Å². The molecule has 0 aliphatic heterocycles. The molecular weight excluding hydrogens is 172 g/mol. The van der Waals surface area contributed by atoms with E-state index in [1.807, 2.05) is 0 Å². The van der Waals surface area contributed by atoms with E-state index in [1.165, 1.54) is 11.1 Å². The Morgan fingerprint density at radius 2 is 2.00 bits per heavy atom. The van der Waals surface area contributed by atoms with Crippen molar-refractivity contribution in [1.82, 2.24) is 0 Å². The Morgan fingerprint density at radius 3 is 2.43 bits per heavy atom. The minimum Gasteiger partial charge on any atom is -0.299 e. The molecule has 1 nitrogen and oxygen atoms in total. The van der Waals surface area contributed by atoms with Crippen molar-refractivity contribution in [2.24, 2.45) is 5.41 Å². The molecule has 1 atom stereocenters. The molecule has 0 N–H and O–H groups in total. The standard InChI is InChI=1S/C13H22O/c1-5-7-13(12(4)14)8-6-10(2)11(3)9-13/h5-9H2,1-4H3/t13-/m1/s1. The Balaban J connectivity index is 2.88. The van der Waals surface area contributed by atoms with Gasteiger partial charge >= 0.3 is 0 Å². The summed E-state index contributed by atoms with van der Waals surface area (Å²) in [6.07, 6.45) is 5.37. The van der Waals surface area contributed by atoms with Crippen molar-refractivity contribution in [3.05, 3.63) is 11.1 Å². The number of carbonyl (C=O) groups excluding carboxylic acids is 1. The molecule has 0 aromatic rings. The summed E-state index contributed by atoms with van der Waals surface area (Å²) in [7, 11) is 0. The maximum Gasteiger partial charge on any atom is 0.136 e. The highest BCUT2D eigenvalue weighted by Crippen LogP contribution is 2.43. The lowest BCUT2D eigenvalue weighted by molar-refractivity contribution is -0.127. The van der Waals surface area contributed by atoms with E-state index in [4.69, 9.17) is 0 Å². The highest BCUT2D eigenvalue weighted by Gasteiger charge is 2.36. The first kappa shape index (κ1) is 11.5. The SMILES string of the molecule is CCC[C@@]1(C(C)=O)CCC(C)=C(C)C1. The van der Waals surface area contributed by atoms with Crippen LogP contribution in [0.15, 0.2) is 11.1 Å². The van der Waals surface area contributed by atoms with Gasteiger partial charge in [-0.3, -0.25) is 4.79 Å². The summed E-state index contributed by atoms with van der Waals surface area (Å²) in [4.78, 5) is 11.7. The predicted molar refractivity (Wildman–Crippen MR) is 60.2 cm³/mol. The molecule has 0 fully saturated rings. The van der Waals surface area contributed by atoms with Gasteiger partial charge < -0.3 is 0 Å². The van der Waals surface area contributed by atoms with Crippen LogP contribution in [0, 0.1) is 5.41 Å². The molecule has 80 valence electrons. The summed E-state index contributed by atoms with van der Waals surface area (Å²) in [5.74, 6) is 0.395. The predicted octanol–water partition coefficient (Wildman–Crippen LogP) is 3.88. The minimum absolute atomic E-state index is 0.0155. The molecule has 0 radical (unpaired) electrons. The number of hydrogen-bond acceptors (Lipinski definition) is 1. The molecule has 14 heavy (non-hydrogen) atoms. The quantitative estimate of drug-likeness (QED) is 0.623. The lowest BCUT2D eigenvalue weighted by Gasteiger charge is -2.36. The van der Waals surface area contributed by atoms with Crippen LogP contribution >= 0.6 is 0 Å². The Hall–Kier alpha value is -0.590. The first-order valence-corrected chi connectivity index (χ1v) is 5.68. The smallest absolute Gasteiger partial charge is 0.136 e. The van der Waals surface area contributed by atoms with E-state index in [0.717, 1.165) is 32.1 Å². The van der Waals surface area contributed by atoms with Crippen LogP contribution in [-0.4, -0.2) is 5.78 Å². The summed E-state index contributed by atoms with van der Waals surface area (Å²) >= 11 is 0. The van der Waals surface area contributed by atoms with Gasteiger partial charge in [-0.25, -0.2) is 0 Å². The van der Waals surface area contributed by atoms with Crippen molar-refractivity contribution < 1.29 is 4.79 Å². The highest BCUT2D eigenvalue weighted by molar-refractivity contribution is 5.83. The zero-order valence-corrected chi connectivity index (χ0v) is 9.94. The Labute approximate surface area is 87.6 Å². The van der Waals surface area contributed by atoms with E-state index < -0.39 is 0 Å². The van der Waals surface area contributed by atoms with Gasteiger partial charge in [-0.1, -0.05) is 24.5 Å². The second-order valence-corrected chi connectivity index (χ2v) is 4.82. The van der Waals surface area contributed by atoms with Crippen molar-refractivity contribution in [1.29, 1.82) is 0 Å². The number of allylic oxidation sites excluding steroid dienone is 2. The molecule has 1 aliphatic rings. The van der Waals surface area contributed by atoms with Crippen molar-refractivity contribution in [3.63, 3.8) is 0 Å². The minimum atomic E-state index is -0.0155. The summed E-state index contributed by atoms with van der Waals surface area (Å²) in [6.45, 7) is 8.32. The fourth-order valence-electron chi connectivity index (χ4n) is 2.56. The van der Waals surface area contributed by atoms with E-state index in [2.05, 4.69) is 20.8 Å². The van der Waals surface area contributed by atoms with Gasteiger partial charge in [-0.2, -0.15) is 0 Å². The zero-order chi connectivity index (χ0) is 10.8. The van der Waals surface area contributed by atoms with E-state index in [9.17, 15) is 4.79 Å². The summed E-state index contributed by atoms with van der Waals surface area (Å²) in [5.41, 5.74) is 2.93. The van der Waals surface area contributed by atoms with Crippen LogP contribution in [0.2, 0.25) is 0 Å². The van der Waals surface area contributed by atoms with Gasteiger partial charge in [-0.15, -0.1) is 0 Å². The monoisotopic (exact) mass is 194 g/mol. The maximum absolute atomic E-state index is 11.7. The van der Waals surface area contributed by atoms with Gasteiger partial charge in [0.05, 0.1) is 0 Å². The molecule has 1 aliphatic carbocycles. The number of rotatable bonds is 3. The Bertz CT molecular complexity index is 262. The average Bonchev–Trinajstić information content (AvgIpc) is 2.12. The highest BCUT2D eigenvalue weighted by atomic mass is 16.1. The molecule has 1 heteroatoms. The largest absolute Gasteiger partial charge is 0.299 e. The molecule has 0 bridgehead atoms. The van der Waals surface area contributed by atoms with Gasteiger partial charge in [0, 0.05) is 5.41 Å². The van der Waals surface area contributed by atoms with E-state index in [1.54, 1.807) is 6.92 Å².